The van der Waals surface area contributed by atoms with E-state index in [-0.39, 0.29) is 30.6 Å². The number of methoxy groups -OCH3 is 1. The minimum absolute atomic E-state index is 0.0195. The highest BCUT2D eigenvalue weighted by Crippen LogP contribution is 2.32. The molecular weight excluding hydrogens is 455 g/mol. The summed E-state index contributed by atoms with van der Waals surface area (Å²) in [6.07, 6.45) is 3.72. The van der Waals surface area contributed by atoms with E-state index in [4.69, 9.17) is 23.2 Å². The minimum atomic E-state index is -1.15. The summed E-state index contributed by atoms with van der Waals surface area (Å²) in [7, 11) is 1.34. The second-order valence-electron chi connectivity index (χ2n) is 8.41. The van der Waals surface area contributed by atoms with Crippen LogP contribution in [-0.2, 0) is 26.5 Å². The van der Waals surface area contributed by atoms with Crippen LogP contribution in [0.2, 0.25) is 10.0 Å². The number of benzene rings is 1. The Morgan fingerprint density at radius 2 is 2.00 bits per heavy atom. The molecule has 2 atom stereocenters. The molecule has 1 aromatic carbocycles. The molecule has 0 aliphatic carbocycles. The Hall–Kier alpha value is -2.16. The Morgan fingerprint density at radius 3 is 2.72 bits per heavy atom. The lowest BCUT2D eigenvalue weighted by atomic mass is 9.92. The molecule has 0 bridgehead atoms. The molecule has 174 valence electrons. The van der Waals surface area contributed by atoms with Gasteiger partial charge in [0.2, 0.25) is 5.91 Å². The molecule has 0 saturated carbocycles. The van der Waals surface area contributed by atoms with E-state index in [1.165, 1.54) is 7.11 Å². The van der Waals surface area contributed by atoms with Crippen molar-refractivity contribution in [1.82, 2.24) is 19.9 Å². The molecule has 1 amide bonds. The number of carbonyl (C=O) groups excluding carboxylic acids is 2. The van der Waals surface area contributed by atoms with Crippen molar-refractivity contribution in [3.05, 3.63) is 45.7 Å². The summed E-state index contributed by atoms with van der Waals surface area (Å²) in [4.78, 5) is 25.9. The highest BCUT2D eigenvalue weighted by Gasteiger charge is 2.36. The lowest BCUT2D eigenvalue weighted by Crippen LogP contribution is -2.34. The number of hydrogen-bond acceptors (Lipinski definition) is 6. The predicted molar refractivity (Wildman–Crippen MR) is 120 cm³/mol. The zero-order chi connectivity index (χ0) is 23.3. The highest BCUT2D eigenvalue weighted by molar-refractivity contribution is 6.42. The van der Waals surface area contributed by atoms with Crippen molar-refractivity contribution in [2.75, 3.05) is 20.2 Å². The number of carbonyl (C=O) groups is 2. The fourth-order valence-corrected chi connectivity index (χ4v) is 4.23. The molecule has 0 spiro atoms. The van der Waals surface area contributed by atoms with Crippen molar-refractivity contribution in [2.24, 2.45) is 5.92 Å². The molecule has 8 nitrogen and oxygen atoms in total. The molecule has 2 aromatic rings. The van der Waals surface area contributed by atoms with Crippen molar-refractivity contribution in [3.8, 4) is 0 Å². The number of esters is 1. The van der Waals surface area contributed by atoms with Crippen LogP contribution < -0.4 is 0 Å². The molecule has 2 unspecified atom stereocenters. The van der Waals surface area contributed by atoms with Gasteiger partial charge in [-0.15, -0.1) is 5.10 Å². The van der Waals surface area contributed by atoms with Crippen LogP contribution in [0.15, 0.2) is 24.4 Å². The highest BCUT2D eigenvalue weighted by atomic mass is 35.5. The van der Waals surface area contributed by atoms with Gasteiger partial charge < -0.3 is 14.7 Å². The number of amides is 1. The van der Waals surface area contributed by atoms with Gasteiger partial charge in [0.15, 0.2) is 0 Å². The SMILES string of the molecule is COC(=O)CC(C)CC(=O)N1CCCC(O)(c2cn(Cc3ccc(Cl)c(Cl)c3)nn2)CC1. The largest absolute Gasteiger partial charge is 0.469 e. The van der Waals surface area contributed by atoms with Crippen LogP contribution in [0.5, 0.6) is 0 Å². The molecule has 1 aliphatic heterocycles. The molecular formula is C22H28Cl2N4O4. The quantitative estimate of drug-likeness (QED) is 0.607. The molecule has 0 radical (unpaired) electrons. The molecule has 1 aliphatic rings. The normalized spacial score (nSPS) is 20.0. The fourth-order valence-electron chi connectivity index (χ4n) is 3.91. The van der Waals surface area contributed by atoms with Crippen LogP contribution in [0.4, 0.5) is 0 Å². The first-order chi connectivity index (χ1) is 15.2. The Labute approximate surface area is 197 Å². The molecule has 10 heteroatoms. The third kappa shape index (κ3) is 6.21. The summed E-state index contributed by atoms with van der Waals surface area (Å²) >= 11 is 12.0. The maximum atomic E-state index is 12.7. The van der Waals surface area contributed by atoms with Crippen molar-refractivity contribution < 1.29 is 19.4 Å². The second kappa shape index (κ2) is 10.6. The van der Waals surface area contributed by atoms with Gasteiger partial charge in [0.25, 0.3) is 0 Å². The number of ether oxygens (including phenoxy) is 1. The number of halogens is 2. The third-order valence-electron chi connectivity index (χ3n) is 5.78. The Morgan fingerprint density at radius 1 is 1.22 bits per heavy atom. The monoisotopic (exact) mass is 482 g/mol. The van der Waals surface area contributed by atoms with Crippen LogP contribution in [-0.4, -0.2) is 57.1 Å². The molecule has 2 heterocycles. The van der Waals surface area contributed by atoms with Crippen molar-refractivity contribution in [1.29, 1.82) is 0 Å². The van der Waals surface area contributed by atoms with E-state index in [2.05, 4.69) is 15.0 Å². The Bertz CT molecular complexity index is 967. The first kappa shape index (κ1) is 24.5. The van der Waals surface area contributed by atoms with Crippen LogP contribution >= 0.6 is 23.2 Å². The van der Waals surface area contributed by atoms with Crippen LogP contribution in [0.25, 0.3) is 0 Å². The fraction of sp³-hybridized carbons (Fsp3) is 0.545. The second-order valence-corrected chi connectivity index (χ2v) is 9.22. The number of aromatic nitrogens is 3. The van der Waals surface area contributed by atoms with Crippen LogP contribution in [0.3, 0.4) is 0 Å². The van der Waals surface area contributed by atoms with E-state index in [0.29, 0.717) is 54.6 Å². The van der Waals surface area contributed by atoms with Crippen LogP contribution in [0, 0.1) is 5.92 Å². The average molecular weight is 483 g/mol. The summed E-state index contributed by atoms with van der Waals surface area (Å²) in [6.45, 7) is 3.28. The first-order valence-corrected chi connectivity index (χ1v) is 11.4. The number of likely N-dealkylation sites (tertiary alicyclic amines) is 1. The summed E-state index contributed by atoms with van der Waals surface area (Å²) in [5.74, 6) is -0.438. The van der Waals surface area contributed by atoms with Gasteiger partial charge in [-0.05, 0) is 42.9 Å². The summed E-state index contributed by atoms with van der Waals surface area (Å²) in [5, 5.41) is 20.6. The van der Waals surface area contributed by atoms with Gasteiger partial charge in [0, 0.05) is 25.9 Å². The summed E-state index contributed by atoms with van der Waals surface area (Å²) in [5.41, 5.74) is 0.259. The van der Waals surface area contributed by atoms with E-state index in [0.717, 1.165) is 5.56 Å². The zero-order valence-corrected chi connectivity index (χ0v) is 19.8. The smallest absolute Gasteiger partial charge is 0.305 e. The van der Waals surface area contributed by atoms with Gasteiger partial charge in [-0.3, -0.25) is 9.59 Å². The van der Waals surface area contributed by atoms with Gasteiger partial charge in [0.1, 0.15) is 11.3 Å². The predicted octanol–water partition coefficient (Wildman–Crippen LogP) is 3.42. The van der Waals surface area contributed by atoms with Crippen molar-refractivity contribution in [3.63, 3.8) is 0 Å². The van der Waals surface area contributed by atoms with Gasteiger partial charge in [-0.25, -0.2) is 4.68 Å². The van der Waals surface area contributed by atoms with Crippen molar-refractivity contribution >= 4 is 35.1 Å². The molecule has 1 fully saturated rings. The Balaban J connectivity index is 1.60. The maximum absolute atomic E-state index is 12.7. The number of rotatable bonds is 7. The zero-order valence-electron chi connectivity index (χ0n) is 18.3. The summed E-state index contributed by atoms with van der Waals surface area (Å²) < 4.78 is 6.32. The molecule has 1 saturated heterocycles. The topological polar surface area (TPSA) is 97.6 Å². The van der Waals surface area contributed by atoms with E-state index < -0.39 is 5.60 Å². The maximum Gasteiger partial charge on any atom is 0.305 e. The van der Waals surface area contributed by atoms with E-state index in [9.17, 15) is 14.7 Å². The number of nitrogens with zero attached hydrogens (tertiary/aromatic N) is 4. The van der Waals surface area contributed by atoms with Gasteiger partial charge >= 0.3 is 5.97 Å². The number of aliphatic hydroxyl groups is 1. The van der Waals surface area contributed by atoms with Gasteiger partial charge in [-0.1, -0.05) is 41.4 Å². The van der Waals surface area contributed by atoms with Crippen LogP contribution in [0.1, 0.15) is 50.3 Å². The molecule has 32 heavy (non-hydrogen) atoms. The van der Waals surface area contributed by atoms with E-state index in [1.807, 2.05) is 13.0 Å². The van der Waals surface area contributed by atoms with E-state index >= 15 is 0 Å². The average Bonchev–Trinajstić information content (AvgIpc) is 3.12. The molecule has 1 aromatic heterocycles. The van der Waals surface area contributed by atoms with Gasteiger partial charge in [0.05, 0.1) is 29.9 Å². The number of hydrogen-bond donors (Lipinski definition) is 1. The minimum Gasteiger partial charge on any atom is -0.469 e. The van der Waals surface area contributed by atoms with E-state index in [1.54, 1.807) is 27.9 Å². The van der Waals surface area contributed by atoms with Crippen molar-refractivity contribution in [2.45, 2.75) is 51.2 Å². The van der Waals surface area contributed by atoms with Gasteiger partial charge in [-0.2, -0.15) is 0 Å². The lowest BCUT2D eigenvalue weighted by molar-refractivity contribution is -0.142. The molecule has 1 N–H and O–H groups in total. The standard InChI is InChI=1S/C22H28Cl2N4O4/c1-15(11-21(30)32-2)10-20(29)27-8-3-6-22(31,7-9-27)19-14-28(26-25-19)13-16-4-5-17(23)18(24)12-16/h4-5,12,14-15,31H,3,6-11,13H2,1-2H3. The molecule has 3 rings (SSSR count). The first-order valence-electron chi connectivity index (χ1n) is 10.6. The third-order valence-corrected chi connectivity index (χ3v) is 6.52. The Kier molecular flexibility index (Phi) is 8.14. The lowest BCUT2D eigenvalue weighted by Gasteiger charge is -2.25. The summed E-state index contributed by atoms with van der Waals surface area (Å²) in [6, 6.07) is 5.37.